The summed E-state index contributed by atoms with van der Waals surface area (Å²) in [6, 6.07) is 5.42. The van der Waals surface area contributed by atoms with E-state index in [9.17, 15) is 9.90 Å². The molecule has 0 aliphatic carbocycles. The summed E-state index contributed by atoms with van der Waals surface area (Å²) in [5.41, 5.74) is 0.833. The average molecular weight is 236 g/mol. The Morgan fingerprint density at radius 3 is 2.94 bits per heavy atom. The van der Waals surface area contributed by atoms with Crippen LogP contribution < -0.4 is 9.47 Å². The highest BCUT2D eigenvalue weighted by atomic mass is 16.7. The van der Waals surface area contributed by atoms with E-state index in [4.69, 9.17) is 14.2 Å². The number of hydrogen-bond donors (Lipinski definition) is 1. The molecule has 2 aliphatic heterocycles. The zero-order valence-corrected chi connectivity index (χ0v) is 9.09. The number of ketones is 1. The number of hydrogen-bond acceptors (Lipinski definition) is 5. The molecule has 2 aliphatic rings. The van der Waals surface area contributed by atoms with Gasteiger partial charge in [0.15, 0.2) is 17.3 Å². The van der Waals surface area contributed by atoms with Gasteiger partial charge >= 0.3 is 0 Å². The van der Waals surface area contributed by atoms with Crippen molar-refractivity contribution in [2.75, 3.05) is 20.0 Å². The van der Waals surface area contributed by atoms with Crippen molar-refractivity contribution in [2.45, 2.75) is 6.10 Å². The molecule has 1 aromatic carbocycles. The molecule has 3 rings (SSSR count). The molecule has 1 fully saturated rings. The number of aliphatic hydroxyl groups is 1. The van der Waals surface area contributed by atoms with E-state index >= 15 is 0 Å². The van der Waals surface area contributed by atoms with Crippen LogP contribution in [0.5, 0.6) is 11.5 Å². The van der Waals surface area contributed by atoms with Gasteiger partial charge in [0.25, 0.3) is 0 Å². The fourth-order valence-corrected chi connectivity index (χ4v) is 2.18. The lowest BCUT2D eigenvalue weighted by atomic mass is 9.95. The third-order valence-corrected chi connectivity index (χ3v) is 3.11. The summed E-state index contributed by atoms with van der Waals surface area (Å²) in [6.07, 6.45) is -0.387. The highest BCUT2D eigenvalue weighted by Crippen LogP contribution is 2.38. The van der Waals surface area contributed by atoms with Crippen LogP contribution in [0.25, 0.3) is 0 Å². The van der Waals surface area contributed by atoms with Gasteiger partial charge in [-0.3, -0.25) is 4.79 Å². The second kappa shape index (κ2) is 4.01. The van der Waals surface area contributed by atoms with Crippen LogP contribution in [-0.2, 0) is 9.53 Å². The Morgan fingerprint density at radius 2 is 2.12 bits per heavy atom. The van der Waals surface area contributed by atoms with E-state index in [0.717, 1.165) is 5.56 Å². The summed E-state index contributed by atoms with van der Waals surface area (Å²) in [5, 5.41) is 9.20. The molecule has 2 atom stereocenters. The first-order chi connectivity index (χ1) is 8.29. The third kappa shape index (κ3) is 1.67. The van der Waals surface area contributed by atoms with Gasteiger partial charge in [-0.1, -0.05) is 6.07 Å². The Balaban J connectivity index is 1.91. The fraction of sp³-hybridized carbons (Fsp3) is 0.417. The van der Waals surface area contributed by atoms with E-state index in [2.05, 4.69) is 0 Å². The molecule has 17 heavy (non-hydrogen) atoms. The summed E-state index contributed by atoms with van der Waals surface area (Å²) in [7, 11) is 0. The predicted octanol–water partition coefficient (Wildman–Crippen LogP) is 0.664. The highest BCUT2D eigenvalue weighted by Gasteiger charge is 2.36. The maximum Gasteiger partial charge on any atom is 0.231 e. The predicted molar refractivity (Wildman–Crippen MR) is 56.8 cm³/mol. The smallest absolute Gasteiger partial charge is 0.231 e. The molecule has 0 bridgehead atoms. The van der Waals surface area contributed by atoms with Crippen LogP contribution in [0.4, 0.5) is 0 Å². The largest absolute Gasteiger partial charge is 0.454 e. The number of rotatable bonds is 2. The lowest BCUT2D eigenvalue weighted by Gasteiger charge is -2.15. The first-order valence-electron chi connectivity index (χ1n) is 5.44. The van der Waals surface area contributed by atoms with E-state index in [1.54, 1.807) is 12.1 Å². The number of benzene rings is 1. The number of carbonyl (C=O) groups is 1. The molecule has 5 heteroatoms. The molecular formula is C12H12O5. The lowest BCUT2D eigenvalue weighted by Crippen LogP contribution is -2.18. The zero-order chi connectivity index (χ0) is 11.8. The molecule has 2 heterocycles. The Hall–Kier alpha value is -1.59. The lowest BCUT2D eigenvalue weighted by molar-refractivity contribution is -0.121. The first kappa shape index (κ1) is 10.6. The molecular weight excluding hydrogens is 224 g/mol. The number of fused-ring (bicyclic) bond motifs is 1. The van der Waals surface area contributed by atoms with E-state index in [1.807, 2.05) is 6.07 Å². The van der Waals surface area contributed by atoms with Crippen LogP contribution in [0.2, 0.25) is 0 Å². The molecule has 90 valence electrons. The van der Waals surface area contributed by atoms with Crippen LogP contribution in [-0.4, -0.2) is 30.9 Å². The van der Waals surface area contributed by atoms with Crippen molar-refractivity contribution < 1.29 is 24.1 Å². The van der Waals surface area contributed by atoms with E-state index < -0.39 is 5.92 Å². The van der Waals surface area contributed by atoms with Gasteiger partial charge in [-0.2, -0.15) is 0 Å². The van der Waals surface area contributed by atoms with Crippen molar-refractivity contribution >= 4 is 5.78 Å². The van der Waals surface area contributed by atoms with Gasteiger partial charge in [0.05, 0.1) is 18.6 Å². The van der Waals surface area contributed by atoms with Crippen molar-refractivity contribution in [2.24, 2.45) is 5.92 Å². The maximum absolute atomic E-state index is 11.5. The third-order valence-electron chi connectivity index (χ3n) is 3.11. The van der Waals surface area contributed by atoms with Crippen molar-refractivity contribution in [1.82, 2.24) is 0 Å². The molecule has 1 saturated heterocycles. The van der Waals surface area contributed by atoms with Gasteiger partial charge in [0, 0.05) is 0 Å². The second-order valence-corrected chi connectivity index (χ2v) is 4.10. The summed E-state index contributed by atoms with van der Waals surface area (Å²) in [4.78, 5) is 11.5. The summed E-state index contributed by atoms with van der Waals surface area (Å²) < 4.78 is 15.9. The van der Waals surface area contributed by atoms with E-state index in [0.29, 0.717) is 11.5 Å². The molecule has 0 spiro atoms. The van der Waals surface area contributed by atoms with Crippen LogP contribution in [0.1, 0.15) is 11.7 Å². The zero-order valence-electron chi connectivity index (χ0n) is 9.09. The van der Waals surface area contributed by atoms with Crippen molar-refractivity contribution in [1.29, 1.82) is 0 Å². The summed E-state index contributed by atoms with van der Waals surface area (Å²) >= 11 is 0. The molecule has 0 unspecified atom stereocenters. The Kier molecular flexibility index (Phi) is 2.49. The van der Waals surface area contributed by atoms with E-state index in [1.165, 1.54) is 0 Å². The Bertz CT molecular complexity index is 456. The van der Waals surface area contributed by atoms with Gasteiger partial charge in [0.1, 0.15) is 6.61 Å². The van der Waals surface area contributed by atoms with Crippen LogP contribution in [0.15, 0.2) is 18.2 Å². The van der Waals surface area contributed by atoms with E-state index in [-0.39, 0.29) is 31.9 Å². The van der Waals surface area contributed by atoms with Gasteiger partial charge in [-0.15, -0.1) is 0 Å². The van der Waals surface area contributed by atoms with Gasteiger partial charge < -0.3 is 19.3 Å². The first-order valence-corrected chi connectivity index (χ1v) is 5.44. The molecule has 1 aromatic rings. The maximum atomic E-state index is 11.5. The minimum atomic E-state index is -0.477. The molecule has 0 aromatic heterocycles. The highest BCUT2D eigenvalue weighted by molar-refractivity contribution is 5.84. The average Bonchev–Trinajstić information content (AvgIpc) is 2.93. The van der Waals surface area contributed by atoms with Gasteiger partial charge in [-0.25, -0.2) is 0 Å². The monoisotopic (exact) mass is 236 g/mol. The van der Waals surface area contributed by atoms with Gasteiger partial charge in [0.2, 0.25) is 6.79 Å². The fourth-order valence-electron chi connectivity index (χ4n) is 2.18. The summed E-state index contributed by atoms with van der Waals surface area (Å²) in [6.45, 7) is 0.0783. The molecule has 1 N–H and O–H groups in total. The Morgan fingerprint density at radius 1 is 1.29 bits per heavy atom. The van der Waals surface area contributed by atoms with Gasteiger partial charge in [-0.05, 0) is 17.7 Å². The quantitative estimate of drug-likeness (QED) is 0.817. The number of Topliss-reactive ketones (excluding diaryl/α,β-unsaturated/α-hetero) is 1. The minimum Gasteiger partial charge on any atom is -0.454 e. The van der Waals surface area contributed by atoms with Crippen molar-refractivity contribution in [3.8, 4) is 11.5 Å². The minimum absolute atomic E-state index is 0.0599. The van der Waals surface area contributed by atoms with Crippen LogP contribution in [0.3, 0.4) is 0 Å². The molecule has 0 amide bonds. The number of carbonyl (C=O) groups excluding carboxylic acids is 1. The Labute approximate surface area is 97.9 Å². The number of aliphatic hydroxyl groups excluding tert-OH is 1. The van der Waals surface area contributed by atoms with Crippen molar-refractivity contribution in [3.63, 3.8) is 0 Å². The normalized spacial score (nSPS) is 26.5. The number of ether oxygens (including phenoxy) is 3. The molecule has 0 saturated carbocycles. The van der Waals surface area contributed by atoms with Crippen molar-refractivity contribution in [3.05, 3.63) is 23.8 Å². The molecule has 0 radical (unpaired) electrons. The van der Waals surface area contributed by atoms with Crippen LogP contribution in [0, 0.1) is 5.92 Å². The SMILES string of the molecule is O=C1CO[C@H](c2ccc3c(c2)OCO3)[C@H]1CO. The molecule has 5 nitrogen and oxygen atoms in total. The second-order valence-electron chi connectivity index (χ2n) is 4.10. The van der Waals surface area contributed by atoms with Crippen LogP contribution >= 0.6 is 0 Å². The topological polar surface area (TPSA) is 65.0 Å². The standard InChI is InChI=1S/C12H12O5/c13-4-8-9(14)5-15-12(8)7-1-2-10-11(3-7)17-6-16-10/h1-3,8,12-13H,4-6H2/t8-,12+/m0/s1. The summed E-state index contributed by atoms with van der Waals surface area (Å²) in [5.74, 6) is 0.811.